The molecule has 0 saturated heterocycles. The van der Waals surface area contributed by atoms with Crippen LogP contribution in [0.25, 0.3) is 0 Å². The normalized spacial score (nSPS) is 8.88. The minimum atomic E-state index is -0.676. The van der Waals surface area contributed by atoms with E-state index in [4.69, 9.17) is 5.73 Å². The molecule has 0 fully saturated rings. The monoisotopic (exact) mass is 240 g/mol. The summed E-state index contributed by atoms with van der Waals surface area (Å²) in [6.07, 6.45) is 2.21. The van der Waals surface area contributed by atoms with Crippen molar-refractivity contribution >= 4 is 17.3 Å². The zero-order chi connectivity index (χ0) is 13.4. The number of nitrogens with zero attached hydrogens (tertiary/aromatic N) is 2. The first-order chi connectivity index (χ1) is 8.07. The van der Waals surface area contributed by atoms with Crippen LogP contribution in [0.15, 0.2) is 12.4 Å². The number of hydrogen-bond acceptors (Lipinski definition) is 5. The number of nitrogens with two attached hydrogens (primary N) is 1. The Balaban J connectivity index is 0.00000121. The van der Waals surface area contributed by atoms with Gasteiger partial charge in [0.25, 0.3) is 5.91 Å². The highest BCUT2D eigenvalue weighted by molar-refractivity contribution is 6.00. The van der Waals surface area contributed by atoms with Gasteiger partial charge in [0.1, 0.15) is 11.9 Å². The molecule has 0 radical (unpaired) electrons. The number of aromatic nitrogens is 1. The second-order valence-corrected chi connectivity index (χ2v) is 2.74. The van der Waals surface area contributed by atoms with E-state index < -0.39 is 10.8 Å². The number of nitro groups is 1. The summed E-state index contributed by atoms with van der Waals surface area (Å²) < 4.78 is 0. The third kappa shape index (κ3) is 3.71. The zero-order valence-electron chi connectivity index (χ0n) is 10.1. The van der Waals surface area contributed by atoms with Crippen LogP contribution in [0.2, 0.25) is 0 Å². The molecule has 0 aliphatic rings. The molecule has 1 rings (SSSR count). The fourth-order valence-corrected chi connectivity index (χ4v) is 1.04. The van der Waals surface area contributed by atoms with Gasteiger partial charge in [-0.25, -0.2) is 0 Å². The molecule has 1 heterocycles. The molecule has 1 aromatic rings. The summed E-state index contributed by atoms with van der Waals surface area (Å²) in [4.78, 5) is 24.8. The highest BCUT2D eigenvalue weighted by atomic mass is 16.6. The van der Waals surface area contributed by atoms with Crippen LogP contribution in [-0.4, -0.2) is 22.4 Å². The second kappa shape index (κ2) is 7.15. The number of nitrogen functional groups attached to an aromatic ring is 1. The predicted molar refractivity (Wildman–Crippen MR) is 64.7 cm³/mol. The Labute approximate surface area is 99.2 Å². The van der Waals surface area contributed by atoms with Crippen molar-refractivity contribution in [2.24, 2.45) is 0 Å². The van der Waals surface area contributed by atoms with Crippen molar-refractivity contribution in [1.82, 2.24) is 10.3 Å². The van der Waals surface area contributed by atoms with Crippen molar-refractivity contribution in [1.29, 1.82) is 0 Å². The minimum Gasteiger partial charge on any atom is -0.392 e. The van der Waals surface area contributed by atoms with Crippen LogP contribution in [0, 0.1) is 10.1 Å². The summed E-state index contributed by atoms with van der Waals surface area (Å²) in [5.74, 6) is -0.466. The van der Waals surface area contributed by atoms with Gasteiger partial charge in [-0.15, -0.1) is 0 Å². The lowest BCUT2D eigenvalue weighted by molar-refractivity contribution is -0.384. The standard InChI is InChI=1S/C8H10N4O3.C2H6/c1-2-11-8(13)5-3-10-4-6(7(5)9)12(14)15;1-2/h3-4H,2H2,1H3,(H2,9,10)(H,11,13);1-2H3. The van der Waals surface area contributed by atoms with Gasteiger partial charge in [0.15, 0.2) is 0 Å². The Kier molecular flexibility index (Phi) is 6.24. The summed E-state index contributed by atoms with van der Waals surface area (Å²) in [6.45, 7) is 6.15. The number of carbonyl (C=O) groups excluding carboxylic acids is 1. The predicted octanol–water partition coefficient (Wildman–Crippen LogP) is 1.35. The number of carbonyl (C=O) groups is 1. The molecule has 0 atom stereocenters. The number of nitrogens with one attached hydrogen (secondary N) is 1. The molecule has 0 aromatic carbocycles. The second-order valence-electron chi connectivity index (χ2n) is 2.74. The summed E-state index contributed by atoms with van der Waals surface area (Å²) in [7, 11) is 0. The van der Waals surface area contributed by atoms with E-state index in [2.05, 4.69) is 10.3 Å². The van der Waals surface area contributed by atoms with Gasteiger partial charge in [-0.05, 0) is 6.92 Å². The molecule has 17 heavy (non-hydrogen) atoms. The number of pyridine rings is 1. The molecule has 94 valence electrons. The SMILES string of the molecule is CC.CCNC(=O)c1cncc([N+](=O)[O-])c1N. The molecule has 0 saturated carbocycles. The van der Waals surface area contributed by atoms with Gasteiger partial charge < -0.3 is 11.1 Å². The average molecular weight is 240 g/mol. The molecule has 0 aliphatic carbocycles. The Morgan fingerprint density at radius 3 is 2.59 bits per heavy atom. The lowest BCUT2D eigenvalue weighted by Crippen LogP contribution is -2.24. The smallest absolute Gasteiger partial charge is 0.311 e. The molecule has 7 nitrogen and oxygen atoms in total. The van der Waals surface area contributed by atoms with Crippen molar-refractivity contribution in [3.8, 4) is 0 Å². The van der Waals surface area contributed by atoms with Crippen LogP contribution < -0.4 is 11.1 Å². The van der Waals surface area contributed by atoms with E-state index in [0.29, 0.717) is 6.54 Å². The first kappa shape index (κ1) is 14.8. The average Bonchev–Trinajstić information content (AvgIpc) is 2.31. The maximum absolute atomic E-state index is 11.4. The molecule has 7 heteroatoms. The zero-order valence-corrected chi connectivity index (χ0v) is 10.1. The highest BCUT2D eigenvalue weighted by Gasteiger charge is 2.19. The molecule has 0 bridgehead atoms. The van der Waals surface area contributed by atoms with Gasteiger partial charge in [-0.3, -0.25) is 19.9 Å². The molecule has 0 unspecified atom stereocenters. The number of hydrogen-bond donors (Lipinski definition) is 2. The quantitative estimate of drug-likeness (QED) is 0.611. The largest absolute Gasteiger partial charge is 0.392 e. The molecular weight excluding hydrogens is 224 g/mol. The Bertz CT molecular complexity index is 407. The third-order valence-corrected chi connectivity index (χ3v) is 1.75. The van der Waals surface area contributed by atoms with Crippen LogP contribution in [0.3, 0.4) is 0 Å². The van der Waals surface area contributed by atoms with Crippen LogP contribution in [0.5, 0.6) is 0 Å². The first-order valence-corrected chi connectivity index (χ1v) is 5.24. The van der Waals surface area contributed by atoms with E-state index in [1.807, 2.05) is 13.8 Å². The van der Waals surface area contributed by atoms with Gasteiger partial charge in [-0.2, -0.15) is 0 Å². The van der Waals surface area contributed by atoms with E-state index in [9.17, 15) is 14.9 Å². The van der Waals surface area contributed by atoms with Gasteiger partial charge in [0, 0.05) is 12.7 Å². The van der Waals surface area contributed by atoms with Crippen molar-refractivity contribution in [3.05, 3.63) is 28.1 Å². The van der Waals surface area contributed by atoms with Gasteiger partial charge >= 0.3 is 5.69 Å². The lowest BCUT2D eigenvalue weighted by atomic mass is 10.2. The topological polar surface area (TPSA) is 111 Å². The summed E-state index contributed by atoms with van der Waals surface area (Å²) in [5, 5.41) is 13.0. The highest BCUT2D eigenvalue weighted by Crippen LogP contribution is 2.22. The van der Waals surface area contributed by atoms with Crippen molar-refractivity contribution in [2.45, 2.75) is 20.8 Å². The molecular formula is C10H16N4O3. The number of rotatable bonds is 3. The van der Waals surface area contributed by atoms with Crippen molar-refractivity contribution in [3.63, 3.8) is 0 Å². The molecule has 1 amide bonds. The Hall–Kier alpha value is -2.18. The summed E-state index contributed by atoms with van der Waals surface area (Å²) in [5.41, 5.74) is 4.96. The Morgan fingerprint density at radius 2 is 2.12 bits per heavy atom. The Morgan fingerprint density at radius 1 is 1.53 bits per heavy atom. The van der Waals surface area contributed by atoms with E-state index in [0.717, 1.165) is 6.20 Å². The van der Waals surface area contributed by atoms with Crippen molar-refractivity contribution in [2.75, 3.05) is 12.3 Å². The minimum absolute atomic E-state index is 0.0195. The van der Waals surface area contributed by atoms with Gasteiger partial charge in [0.05, 0.1) is 10.5 Å². The first-order valence-electron chi connectivity index (χ1n) is 5.24. The van der Waals surface area contributed by atoms with E-state index in [1.54, 1.807) is 6.92 Å². The molecule has 3 N–H and O–H groups in total. The molecule has 0 aliphatic heterocycles. The maximum atomic E-state index is 11.4. The van der Waals surface area contributed by atoms with Gasteiger partial charge in [0.2, 0.25) is 0 Å². The lowest BCUT2D eigenvalue weighted by Gasteiger charge is -2.04. The van der Waals surface area contributed by atoms with E-state index in [1.165, 1.54) is 6.20 Å². The van der Waals surface area contributed by atoms with Gasteiger partial charge in [-0.1, -0.05) is 13.8 Å². The number of anilines is 1. The fourth-order valence-electron chi connectivity index (χ4n) is 1.04. The van der Waals surface area contributed by atoms with Crippen LogP contribution in [0.1, 0.15) is 31.1 Å². The van der Waals surface area contributed by atoms with Crippen LogP contribution >= 0.6 is 0 Å². The molecule has 0 spiro atoms. The summed E-state index contributed by atoms with van der Waals surface area (Å²) >= 11 is 0. The number of amides is 1. The summed E-state index contributed by atoms with van der Waals surface area (Å²) in [6, 6.07) is 0. The maximum Gasteiger partial charge on any atom is 0.311 e. The fraction of sp³-hybridized carbons (Fsp3) is 0.400. The third-order valence-electron chi connectivity index (χ3n) is 1.75. The molecule has 1 aromatic heterocycles. The van der Waals surface area contributed by atoms with Crippen LogP contribution in [-0.2, 0) is 0 Å². The van der Waals surface area contributed by atoms with Crippen molar-refractivity contribution < 1.29 is 9.72 Å². The van der Waals surface area contributed by atoms with E-state index in [-0.39, 0.29) is 16.9 Å². The van der Waals surface area contributed by atoms with Crippen LogP contribution in [0.4, 0.5) is 11.4 Å². The van der Waals surface area contributed by atoms with E-state index >= 15 is 0 Å².